The number of rotatable bonds is 7. The number of carbonyl (C=O) groups is 2. The smallest absolute Gasteiger partial charge is 0.348 e. The van der Waals surface area contributed by atoms with Crippen molar-refractivity contribution in [3.05, 3.63) is 28.0 Å². The summed E-state index contributed by atoms with van der Waals surface area (Å²) < 4.78 is 32.3. The van der Waals surface area contributed by atoms with Crippen LogP contribution in [-0.4, -0.2) is 43.8 Å². The van der Waals surface area contributed by atoms with E-state index < -0.39 is 27.9 Å². The monoisotopic (exact) mass is 485 g/mol. The Hall–Kier alpha value is -1.91. The number of ether oxygens (including phenoxy) is 1. The first-order valence-electron chi connectivity index (χ1n) is 9.03. The molecule has 0 spiro atoms. The molecule has 3 rings (SSSR count). The maximum absolute atomic E-state index is 13.0. The van der Waals surface area contributed by atoms with Gasteiger partial charge in [-0.05, 0) is 55.5 Å². The molecule has 1 N–H and O–H groups in total. The zero-order valence-electron chi connectivity index (χ0n) is 16.2. The Morgan fingerprint density at radius 1 is 1.47 bits per heavy atom. The fourth-order valence-electron chi connectivity index (χ4n) is 3.15. The minimum absolute atomic E-state index is 0.194. The number of thiophene rings is 2. The number of sulfonamides is 1. The molecule has 160 valence electrons. The van der Waals surface area contributed by atoms with Gasteiger partial charge in [-0.2, -0.15) is 9.57 Å². The standard InChI is InChI=1S/C18H19N3O5S4/c1-3-26-18(23)15-11(2)14(28-10-19)17(29-15)20-16(22)12-6-4-8-21(12)30(24,25)13-7-5-9-27-13/h5,7,9,12H,3-4,6,8H2,1-2H3,(H,20,22). The van der Waals surface area contributed by atoms with E-state index in [0.29, 0.717) is 33.2 Å². The highest BCUT2D eigenvalue weighted by atomic mass is 32.2. The summed E-state index contributed by atoms with van der Waals surface area (Å²) in [6.45, 7) is 3.84. The molecule has 0 aliphatic carbocycles. The maximum Gasteiger partial charge on any atom is 0.348 e. The summed E-state index contributed by atoms with van der Waals surface area (Å²) in [5.74, 6) is -1.01. The van der Waals surface area contributed by atoms with Crippen molar-refractivity contribution in [2.45, 2.75) is 41.8 Å². The van der Waals surface area contributed by atoms with E-state index in [4.69, 9.17) is 10.00 Å². The van der Waals surface area contributed by atoms with Gasteiger partial charge in [0.2, 0.25) is 5.91 Å². The number of nitriles is 1. The minimum atomic E-state index is -3.76. The van der Waals surface area contributed by atoms with Gasteiger partial charge in [-0.15, -0.1) is 22.7 Å². The molecule has 12 heteroatoms. The zero-order chi connectivity index (χ0) is 21.9. The predicted molar refractivity (Wildman–Crippen MR) is 116 cm³/mol. The molecule has 1 aliphatic rings. The van der Waals surface area contributed by atoms with Crippen molar-refractivity contribution in [3.63, 3.8) is 0 Å². The Kier molecular flexibility index (Phi) is 7.20. The second-order valence-corrected chi connectivity index (χ2v) is 11.2. The summed E-state index contributed by atoms with van der Waals surface area (Å²) in [5, 5.41) is 15.8. The van der Waals surface area contributed by atoms with E-state index in [2.05, 4.69) is 5.32 Å². The summed E-state index contributed by atoms with van der Waals surface area (Å²) >= 11 is 2.97. The minimum Gasteiger partial charge on any atom is -0.462 e. The average molecular weight is 486 g/mol. The number of thioether (sulfide) groups is 1. The molecular weight excluding hydrogens is 466 g/mol. The summed E-state index contributed by atoms with van der Waals surface area (Å²) in [6, 6.07) is 2.31. The Morgan fingerprint density at radius 2 is 2.23 bits per heavy atom. The lowest BCUT2D eigenvalue weighted by Crippen LogP contribution is -2.42. The van der Waals surface area contributed by atoms with Crippen LogP contribution in [-0.2, 0) is 19.6 Å². The summed E-state index contributed by atoms with van der Waals surface area (Å²) in [5.41, 5.74) is 0.551. The molecule has 1 aliphatic heterocycles. The third kappa shape index (κ3) is 4.40. The topological polar surface area (TPSA) is 117 Å². The Bertz CT molecular complexity index is 1090. The van der Waals surface area contributed by atoms with Crippen molar-refractivity contribution in [3.8, 4) is 5.40 Å². The van der Waals surface area contributed by atoms with Gasteiger partial charge in [0.05, 0.1) is 11.5 Å². The molecule has 0 saturated carbocycles. The predicted octanol–water partition coefficient (Wildman–Crippen LogP) is 3.66. The van der Waals surface area contributed by atoms with Gasteiger partial charge < -0.3 is 10.1 Å². The van der Waals surface area contributed by atoms with Crippen LogP contribution in [0.25, 0.3) is 0 Å². The molecule has 8 nitrogen and oxygen atoms in total. The van der Waals surface area contributed by atoms with Crippen LogP contribution in [0.15, 0.2) is 26.6 Å². The van der Waals surface area contributed by atoms with Crippen molar-refractivity contribution in [2.24, 2.45) is 0 Å². The number of thiocyanates is 1. The molecule has 30 heavy (non-hydrogen) atoms. The van der Waals surface area contributed by atoms with Crippen molar-refractivity contribution < 1.29 is 22.7 Å². The van der Waals surface area contributed by atoms with Crippen LogP contribution in [0.3, 0.4) is 0 Å². The van der Waals surface area contributed by atoms with E-state index in [1.165, 1.54) is 10.4 Å². The first-order valence-corrected chi connectivity index (χ1v) is 13.0. The van der Waals surface area contributed by atoms with Crippen molar-refractivity contribution in [2.75, 3.05) is 18.5 Å². The van der Waals surface area contributed by atoms with Gasteiger partial charge in [-0.1, -0.05) is 6.07 Å². The maximum atomic E-state index is 13.0. The molecule has 1 unspecified atom stereocenters. The van der Waals surface area contributed by atoms with Gasteiger partial charge >= 0.3 is 5.97 Å². The van der Waals surface area contributed by atoms with Gasteiger partial charge in [0.1, 0.15) is 25.5 Å². The molecule has 1 amide bonds. The number of hydrogen-bond donors (Lipinski definition) is 1. The second-order valence-electron chi connectivity index (χ2n) is 6.32. The van der Waals surface area contributed by atoms with Crippen LogP contribution < -0.4 is 5.32 Å². The molecule has 1 fully saturated rings. The van der Waals surface area contributed by atoms with E-state index in [1.807, 2.05) is 5.40 Å². The fourth-order valence-corrected chi connectivity index (χ4v) is 7.73. The number of nitrogens with zero attached hydrogens (tertiary/aromatic N) is 2. The van der Waals surface area contributed by atoms with Crippen LogP contribution in [0, 0.1) is 17.6 Å². The first-order chi connectivity index (χ1) is 14.3. The Morgan fingerprint density at radius 3 is 2.87 bits per heavy atom. The van der Waals surface area contributed by atoms with E-state index in [9.17, 15) is 18.0 Å². The highest BCUT2D eigenvalue weighted by molar-refractivity contribution is 8.04. The fraction of sp³-hybridized carbons (Fsp3) is 0.389. The van der Waals surface area contributed by atoms with Crippen LogP contribution >= 0.6 is 34.4 Å². The average Bonchev–Trinajstić information content (AvgIpc) is 3.45. The van der Waals surface area contributed by atoms with Gasteiger partial charge in [0, 0.05) is 6.54 Å². The summed E-state index contributed by atoms with van der Waals surface area (Å²) in [7, 11) is -3.76. The number of hydrogen-bond acceptors (Lipinski definition) is 9. The van der Waals surface area contributed by atoms with Crippen molar-refractivity contribution >= 4 is 61.3 Å². The van der Waals surface area contributed by atoms with E-state index in [1.54, 1.807) is 25.3 Å². The summed E-state index contributed by atoms with van der Waals surface area (Å²) in [4.78, 5) is 26.0. The molecule has 0 aromatic carbocycles. The van der Waals surface area contributed by atoms with Crippen LogP contribution in [0.5, 0.6) is 0 Å². The molecular formula is C18H19N3O5S4. The molecule has 1 atom stereocenters. The lowest BCUT2D eigenvalue weighted by Gasteiger charge is -2.22. The SMILES string of the molecule is CCOC(=O)c1sc(NC(=O)C2CCCN2S(=O)(=O)c2cccs2)c(SC#N)c1C. The van der Waals surface area contributed by atoms with Gasteiger partial charge in [-0.3, -0.25) is 4.79 Å². The number of amides is 1. The number of esters is 1. The molecule has 0 bridgehead atoms. The lowest BCUT2D eigenvalue weighted by molar-refractivity contribution is -0.119. The van der Waals surface area contributed by atoms with E-state index in [0.717, 1.165) is 34.4 Å². The van der Waals surface area contributed by atoms with Gasteiger partial charge in [0.25, 0.3) is 10.0 Å². The van der Waals surface area contributed by atoms with Crippen molar-refractivity contribution in [1.82, 2.24) is 4.31 Å². The summed E-state index contributed by atoms with van der Waals surface area (Å²) in [6.07, 6.45) is 0.965. The van der Waals surface area contributed by atoms with E-state index in [-0.39, 0.29) is 17.4 Å². The Labute approximate surface area is 186 Å². The third-order valence-electron chi connectivity index (χ3n) is 4.50. The molecule has 3 heterocycles. The third-order valence-corrected chi connectivity index (χ3v) is 9.90. The quantitative estimate of drug-likeness (QED) is 0.361. The van der Waals surface area contributed by atoms with Crippen LogP contribution in [0.1, 0.15) is 35.0 Å². The normalized spacial score (nSPS) is 16.9. The number of anilines is 1. The van der Waals surface area contributed by atoms with Crippen LogP contribution in [0.2, 0.25) is 0 Å². The lowest BCUT2D eigenvalue weighted by atomic mass is 10.2. The largest absolute Gasteiger partial charge is 0.462 e. The highest BCUT2D eigenvalue weighted by Crippen LogP contribution is 2.40. The highest BCUT2D eigenvalue weighted by Gasteiger charge is 2.40. The molecule has 0 radical (unpaired) electrons. The molecule has 2 aromatic rings. The van der Waals surface area contributed by atoms with Crippen molar-refractivity contribution in [1.29, 1.82) is 5.26 Å². The molecule has 1 saturated heterocycles. The van der Waals surface area contributed by atoms with Gasteiger partial charge in [-0.25, -0.2) is 13.2 Å². The van der Waals surface area contributed by atoms with E-state index >= 15 is 0 Å². The number of nitrogens with one attached hydrogen (secondary N) is 1. The first kappa shape index (κ1) is 22.8. The zero-order valence-corrected chi connectivity index (χ0v) is 19.5. The van der Waals surface area contributed by atoms with Crippen LogP contribution in [0.4, 0.5) is 5.00 Å². The number of carbonyl (C=O) groups excluding carboxylic acids is 2. The van der Waals surface area contributed by atoms with Gasteiger partial charge in [0.15, 0.2) is 0 Å². The second kappa shape index (κ2) is 9.49. The molecule has 2 aromatic heterocycles. The Balaban J connectivity index is 1.87.